The Morgan fingerprint density at radius 2 is 2.00 bits per heavy atom. The predicted octanol–water partition coefficient (Wildman–Crippen LogP) is 3.06. The van der Waals surface area contributed by atoms with Crippen LogP contribution in [0.25, 0.3) is 0 Å². The molecule has 0 aromatic heterocycles. The minimum Gasteiger partial charge on any atom is -0.340 e. The number of rotatable bonds is 3. The molecule has 4 nitrogen and oxygen atoms in total. The Hall–Kier alpha value is -1.55. The molecule has 5 heteroatoms. The van der Waals surface area contributed by atoms with Crippen LogP contribution in [-0.4, -0.2) is 23.4 Å². The minimum atomic E-state index is -0.878. The van der Waals surface area contributed by atoms with Gasteiger partial charge in [-0.05, 0) is 44.4 Å². The fraction of sp³-hybridized carbons (Fsp3) is 0.500. The third-order valence-corrected chi connectivity index (χ3v) is 4.46. The molecule has 1 saturated heterocycles. The lowest BCUT2D eigenvalue weighted by atomic mass is 9.90. The highest BCUT2D eigenvalue weighted by molar-refractivity contribution is 6.34. The van der Waals surface area contributed by atoms with Gasteiger partial charge in [0.1, 0.15) is 11.6 Å². The minimum absolute atomic E-state index is 0.109. The Bertz CT molecular complexity index is 588. The summed E-state index contributed by atoms with van der Waals surface area (Å²) >= 11 is 6.31. The van der Waals surface area contributed by atoms with E-state index < -0.39 is 11.6 Å². The van der Waals surface area contributed by atoms with Gasteiger partial charge < -0.3 is 5.32 Å². The molecule has 2 rings (SSSR count). The predicted molar refractivity (Wildman–Crippen MR) is 84.6 cm³/mol. The molecular weight excluding hydrogens is 288 g/mol. The lowest BCUT2D eigenvalue weighted by molar-refractivity contribution is -0.138. The zero-order chi connectivity index (χ0) is 15.8. The Labute approximate surface area is 130 Å². The molecule has 1 N–H and O–H groups in total. The lowest BCUT2D eigenvalue weighted by Crippen LogP contribution is -2.69. The molecule has 1 fully saturated rings. The van der Waals surface area contributed by atoms with E-state index in [1.807, 2.05) is 39.0 Å². The number of hydrogen-bond acceptors (Lipinski definition) is 2. The molecule has 1 aliphatic rings. The molecule has 1 aliphatic heterocycles. The Morgan fingerprint density at radius 3 is 2.52 bits per heavy atom. The summed E-state index contributed by atoms with van der Waals surface area (Å²) in [7, 11) is 0. The summed E-state index contributed by atoms with van der Waals surface area (Å²) in [5.74, 6) is -0.236. The van der Waals surface area contributed by atoms with Crippen LogP contribution in [0.3, 0.4) is 0 Å². The molecular formula is C16H21ClN2O2. The molecule has 1 aromatic rings. The van der Waals surface area contributed by atoms with Crippen molar-refractivity contribution in [1.29, 1.82) is 0 Å². The summed E-state index contributed by atoms with van der Waals surface area (Å²) in [5.41, 5.74) is 0.745. The van der Waals surface area contributed by atoms with Crippen molar-refractivity contribution in [2.75, 3.05) is 4.90 Å². The standard InChI is InChI=1S/C16H21ClN2O2/c1-5-12-14(20)18-16(4,6-2)15(21)19(12)13-8-7-10(3)9-11(13)17/h7-9,12H,5-6H2,1-4H3,(H,18,20). The van der Waals surface area contributed by atoms with Crippen LogP contribution in [0.5, 0.6) is 0 Å². The molecule has 0 spiro atoms. The maximum Gasteiger partial charge on any atom is 0.253 e. The largest absolute Gasteiger partial charge is 0.340 e. The number of carbonyl (C=O) groups is 2. The van der Waals surface area contributed by atoms with E-state index in [2.05, 4.69) is 5.32 Å². The van der Waals surface area contributed by atoms with E-state index in [4.69, 9.17) is 11.6 Å². The van der Waals surface area contributed by atoms with Crippen LogP contribution in [0.2, 0.25) is 5.02 Å². The third-order valence-electron chi connectivity index (χ3n) is 4.16. The van der Waals surface area contributed by atoms with Gasteiger partial charge >= 0.3 is 0 Å². The van der Waals surface area contributed by atoms with Crippen molar-refractivity contribution in [3.05, 3.63) is 28.8 Å². The molecule has 0 aliphatic carbocycles. The number of nitrogens with zero attached hydrogens (tertiary/aromatic N) is 1. The summed E-state index contributed by atoms with van der Waals surface area (Å²) in [5, 5.41) is 3.35. The maximum absolute atomic E-state index is 12.9. The highest BCUT2D eigenvalue weighted by Crippen LogP contribution is 2.33. The average Bonchev–Trinajstić information content (AvgIpc) is 2.43. The molecule has 0 saturated carbocycles. The first kappa shape index (κ1) is 15.8. The second kappa shape index (κ2) is 5.68. The Morgan fingerprint density at radius 1 is 1.33 bits per heavy atom. The van der Waals surface area contributed by atoms with Crippen LogP contribution in [-0.2, 0) is 9.59 Å². The quantitative estimate of drug-likeness (QED) is 0.933. The van der Waals surface area contributed by atoms with E-state index >= 15 is 0 Å². The van der Waals surface area contributed by atoms with Crippen LogP contribution in [0.15, 0.2) is 18.2 Å². The number of aryl methyl sites for hydroxylation is 1. The normalized spacial score (nSPS) is 26.0. The number of piperazine rings is 1. The van der Waals surface area contributed by atoms with Crippen LogP contribution in [0.4, 0.5) is 5.69 Å². The second-order valence-electron chi connectivity index (χ2n) is 5.73. The van der Waals surface area contributed by atoms with Crippen LogP contribution < -0.4 is 10.2 Å². The van der Waals surface area contributed by atoms with E-state index in [0.29, 0.717) is 23.6 Å². The molecule has 21 heavy (non-hydrogen) atoms. The first-order chi connectivity index (χ1) is 9.84. The van der Waals surface area contributed by atoms with Gasteiger partial charge in [-0.25, -0.2) is 0 Å². The van der Waals surface area contributed by atoms with Gasteiger partial charge in [-0.15, -0.1) is 0 Å². The second-order valence-corrected chi connectivity index (χ2v) is 6.14. The number of hydrogen-bond donors (Lipinski definition) is 1. The monoisotopic (exact) mass is 308 g/mol. The van der Waals surface area contributed by atoms with Gasteiger partial charge in [0.15, 0.2) is 0 Å². The first-order valence-corrected chi connectivity index (χ1v) is 7.63. The summed E-state index contributed by atoms with van der Waals surface area (Å²) in [4.78, 5) is 26.8. The van der Waals surface area contributed by atoms with Crippen LogP contribution in [0.1, 0.15) is 39.2 Å². The molecule has 2 amide bonds. The fourth-order valence-electron chi connectivity index (χ4n) is 2.63. The van der Waals surface area contributed by atoms with Gasteiger partial charge in [-0.2, -0.15) is 0 Å². The van der Waals surface area contributed by atoms with E-state index in [1.165, 1.54) is 0 Å². The lowest BCUT2D eigenvalue weighted by Gasteiger charge is -2.44. The number of carbonyl (C=O) groups excluding carboxylic acids is 2. The zero-order valence-electron chi connectivity index (χ0n) is 12.9. The Balaban J connectivity index is 2.54. The molecule has 114 valence electrons. The van der Waals surface area contributed by atoms with Crippen LogP contribution >= 0.6 is 11.6 Å². The van der Waals surface area contributed by atoms with Gasteiger partial charge in [0, 0.05) is 0 Å². The zero-order valence-corrected chi connectivity index (χ0v) is 13.6. The van der Waals surface area contributed by atoms with Crippen molar-refractivity contribution in [2.45, 2.75) is 52.1 Å². The fourth-order valence-corrected chi connectivity index (χ4v) is 2.95. The molecule has 0 bridgehead atoms. The summed E-state index contributed by atoms with van der Waals surface area (Å²) in [6.07, 6.45) is 1.08. The molecule has 2 atom stereocenters. The number of benzene rings is 1. The molecule has 1 aromatic carbocycles. The summed E-state index contributed by atoms with van der Waals surface area (Å²) in [6.45, 7) is 7.47. The maximum atomic E-state index is 12.9. The van der Waals surface area contributed by atoms with Crippen molar-refractivity contribution >= 4 is 29.1 Å². The van der Waals surface area contributed by atoms with E-state index in [0.717, 1.165) is 5.56 Å². The average molecular weight is 309 g/mol. The highest BCUT2D eigenvalue weighted by atomic mass is 35.5. The first-order valence-electron chi connectivity index (χ1n) is 7.26. The van der Waals surface area contributed by atoms with Crippen molar-refractivity contribution in [3.63, 3.8) is 0 Å². The number of amides is 2. The molecule has 2 unspecified atom stereocenters. The van der Waals surface area contributed by atoms with Gasteiger partial charge in [-0.3, -0.25) is 14.5 Å². The smallest absolute Gasteiger partial charge is 0.253 e. The van der Waals surface area contributed by atoms with Crippen molar-refractivity contribution < 1.29 is 9.59 Å². The van der Waals surface area contributed by atoms with E-state index in [-0.39, 0.29) is 11.8 Å². The SMILES string of the molecule is CCC1C(=O)NC(C)(CC)C(=O)N1c1ccc(C)cc1Cl. The number of nitrogens with one attached hydrogen (secondary N) is 1. The molecule has 1 heterocycles. The highest BCUT2D eigenvalue weighted by Gasteiger charge is 2.47. The van der Waals surface area contributed by atoms with Crippen molar-refractivity contribution in [2.24, 2.45) is 0 Å². The third kappa shape index (κ3) is 2.64. The Kier molecular flexibility index (Phi) is 4.28. The number of halogens is 1. The summed E-state index contributed by atoms with van der Waals surface area (Å²) in [6, 6.07) is 5.01. The van der Waals surface area contributed by atoms with Gasteiger partial charge in [0.25, 0.3) is 5.91 Å². The summed E-state index contributed by atoms with van der Waals surface area (Å²) < 4.78 is 0. The van der Waals surface area contributed by atoms with E-state index in [1.54, 1.807) is 11.8 Å². The number of anilines is 1. The van der Waals surface area contributed by atoms with Crippen LogP contribution in [0, 0.1) is 6.92 Å². The van der Waals surface area contributed by atoms with Gasteiger partial charge in [-0.1, -0.05) is 31.5 Å². The van der Waals surface area contributed by atoms with Gasteiger partial charge in [0.05, 0.1) is 10.7 Å². The van der Waals surface area contributed by atoms with E-state index in [9.17, 15) is 9.59 Å². The van der Waals surface area contributed by atoms with Crippen molar-refractivity contribution in [3.8, 4) is 0 Å². The topological polar surface area (TPSA) is 49.4 Å². The molecule has 0 radical (unpaired) electrons. The van der Waals surface area contributed by atoms with Crippen molar-refractivity contribution in [1.82, 2.24) is 5.32 Å². The van der Waals surface area contributed by atoms with Gasteiger partial charge in [0.2, 0.25) is 5.91 Å².